The van der Waals surface area contributed by atoms with Gasteiger partial charge in [-0.2, -0.15) is 0 Å². The van der Waals surface area contributed by atoms with Crippen LogP contribution in [0.3, 0.4) is 0 Å². The minimum atomic E-state index is -0.262. The largest absolute Gasteiger partial charge is 0.490 e. The zero-order chi connectivity index (χ0) is 14.9. The zero-order valence-corrected chi connectivity index (χ0v) is 13.4. The topological polar surface area (TPSA) is 41.6 Å². The Morgan fingerprint density at radius 3 is 2.70 bits per heavy atom. The van der Waals surface area contributed by atoms with Gasteiger partial charge in [0.25, 0.3) is 5.91 Å². The number of rotatable bonds is 4. The quantitative estimate of drug-likeness (QED) is 0.859. The van der Waals surface area contributed by atoms with Gasteiger partial charge in [-0.3, -0.25) is 4.79 Å². The molecule has 4 nitrogen and oxygen atoms in total. The molecule has 2 rings (SSSR count). The van der Waals surface area contributed by atoms with E-state index in [1.807, 2.05) is 20.8 Å². The summed E-state index contributed by atoms with van der Waals surface area (Å²) in [6.45, 7) is 12.4. The van der Waals surface area contributed by atoms with E-state index in [1.54, 1.807) is 6.08 Å². The summed E-state index contributed by atoms with van der Waals surface area (Å²) in [5.41, 5.74) is -0.262. The summed E-state index contributed by atoms with van der Waals surface area (Å²) in [4.78, 5) is 14.5. The molecule has 0 aromatic rings. The molecule has 1 amide bonds. The summed E-state index contributed by atoms with van der Waals surface area (Å²) in [7, 11) is 0. The molecule has 2 aliphatic rings. The van der Waals surface area contributed by atoms with Crippen LogP contribution in [0.25, 0.3) is 0 Å². The van der Waals surface area contributed by atoms with Crippen LogP contribution in [-0.4, -0.2) is 41.6 Å². The SMILES string of the molecule is CC[C@H](C)C1C(OC(C)(C)C)=CC(=O)N1[C@H]1CCNC1. The average Bonchev–Trinajstić information content (AvgIpc) is 2.93. The maximum absolute atomic E-state index is 12.4. The van der Waals surface area contributed by atoms with E-state index in [1.165, 1.54) is 0 Å². The van der Waals surface area contributed by atoms with Crippen molar-refractivity contribution in [3.05, 3.63) is 11.8 Å². The molecule has 0 radical (unpaired) electrons. The van der Waals surface area contributed by atoms with Crippen molar-refractivity contribution in [2.45, 2.75) is 65.1 Å². The molecule has 0 bridgehead atoms. The van der Waals surface area contributed by atoms with Crippen LogP contribution in [0.1, 0.15) is 47.5 Å². The highest BCUT2D eigenvalue weighted by atomic mass is 16.5. The minimum Gasteiger partial charge on any atom is -0.490 e. The minimum absolute atomic E-state index is 0.0941. The molecule has 0 aromatic carbocycles. The highest BCUT2D eigenvalue weighted by Crippen LogP contribution is 2.34. The van der Waals surface area contributed by atoms with Crippen molar-refractivity contribution in [3.8, 4) is 0 Å². The van der Waals surface area contributed by atoms with Gasteiger partial charge in [-0.25, -0.2) is 0 Å². The Hall–Kier alpha value is -1.03. The third-order valence-electron chi connectivity index (χ3n) is 4.15. The smallest absolute Gasteiger partial charge is 0.250 e. The monoisotopic (exact) mass is 280 g/mol. The Balaban J connectivity index is 2.23. The van der Waals surface area contributed by atoms with Gasteiger partial charge in [0.2, 0.25) is 0 Å². The summed E-state index contributed by atoms with van der Waals surface area (Å²) in [5.74, 6) is 1.38. The Kier molecular flexibility index (Phi) is 4.43. The lowest BCUT2D eigenvalue weighted by molar-refractivity contribution is -0.129. The van der Waals surface area contributed by atoms with Crippen molar-refractivity contribution in [3.63, 3.8) is 0 Å². The first kappa shape index (κ1) is 15.4. The van der Waals surface area contributed by atoms with Crippen molar-refractivity contribution in [1.82, 2.24) is 10.2 Å². The lowest BCUT2D eigenvalue weighted by Gasteiger charge is -2.37. The summed E-state index contributed by atoms with van der Waals surface area (Å²) in [6.07, 6.45) is 3.79. The Bertz CT molecular complexity index is 392. The second kappa shape index (κ2) is 5.76. The highest BCUT2D eigenvalue weighted by molar-refractivity contribution is 5.92. The number of nitrogens with zero attached hydrogens (tertiary/aromatic N) is 1. The van der Waals surface area contributed by atoms with Crippen LogP contribution in [0.15, 0.2) is 11.8 Å². The molecule has 20 heavy (non-hydrogen) atoms. The molecule has 2 aliphatic heterocycles. The first-order valence-electron chi connectivity index (χ1n) is 7.77. The van der Waals surface area contributed by atoms with E-state index in [9.17, 15) is 4.79 Å². The number of hydrogen-bond acceptors (Lipinski definition) is 3. The number of ether oxygens (including phenoxy) is 1. The molecule has 1 unspecified atom stereocenters. The van der Waals surface area contributed by atoms with Crippen molar-refractivity contribution < 1.29 is 9.53 Å². The standard InChI is InChI=1S/C16H28N2O2/c1-6-11(2)15-13(20-16(3,4)5)9-14(19)18(15)12-7-8-17-10-12/h9,11-12,15,17H,6-8,10H2,1-5H3/t11-,12-,15?/m0/s1. The molecule has 1 N–H and O–H groups in total. The van der Waals surface area contributed by atoms with Gasteiger partial charge in [-0.1, -0.05) is 20.3 Å². The third kappa shape index (κ3) is 3.17. The van der Waals surface area contributed by atoms with E-state index in [2.05, 4.69) is 24.1 Å². The summed E-state index contributed by atoms with van der Waals surface area (Å²) < 4.78 is 6.07. The second-order valence-corrected chi connectivity index (χ2v) is 6.98. The second-order valence-electron chi connectivity index (χ2n) is 6.98. The fourth-order valence-corrected chi connectivity index (χ4v) is 3.06. The Morgan fingerprint density at radius 2 is 2.20 bits per heavy atom. The van der Waals surface area contributed by atoms with Crippen LogP contribution in [-0.2, 0) is 9.53 Å². The highest BCUT2D eigenvalue weighted by Gasteiger charge is 2.42. The van der Waals surface area contributed by atoms with Gasteiger partial charge in [-0.15, -0.1) is 0 Å². The summed E-state index contributed by atoms with van der Waals surface area (Å²) in [5, 5.41) is 3.35. The fraction of sp³-hybridized carbons (Fsp3) is 0.812. The molecular weight excluding hydrogens is 252 g/mol. The molecule has 3 atom stereocenters. The van der Waals surface area contributed by atoms with Gasteiger partial charge in [-0.05, 0) is 39.7 Å². The van der Waals surface area contributed by atoms with E-state index in [0.29, 0.717) is 12.0 Å². The molecule has 1 saturated heterocycles. The average molecular weight is 280 g/mol. The number of hydrogen-bond donors (Lipinski definition) is 1. The number of carbonyl (C=O) groups excluding carboxylic acids is 1. The van der Waals surface area contributed by atoms with Gasteiger partial charge in [0, 0.05) is 18.7 Å². The maximum Gasteiger partial charge on any atom is 0.250 e. The van der Waals surface area contributed by atoms with Crippen molar-refractivity contribution in [2.75, 3.05) is 13.1 Å². The van der Waals surface area contributed by atoms with Crippen LogP contribution in [0.4, 0.5) is 0 Å². The summed E-state index contributed by atoms with van der Waals surface area (Å²) >= 11 is 0. The van der Waals surface area contributed by atoms with Gasteiger partial charge in [0.05, 0.1) is 6.04 Å². The van der Waals surface area contributed by atoms with Crippen LogP contribution in [0, 0.1) is 5.92 Å². The van der Waals surface area contributed by atoms with E-state index in [4.69, 9.17) is 4.74 Å². The zero-order valence-electron chi connectivity index (χ0n) is 13.4. The Labute approximate surface area is 122 Å². The molecule has 1 fully saturated rings. The van der Waals surface area contributed by atoms with E-state index in [0.717, 1.165) is 31.7 Å². The first-order valence-corrected chi connectivity index (χ1v) is 7.77. The van der Waals surface area contributed by atoms with Crippen molar-refractivity contribution in [2.24, 2.45) is 5.92 Å². The molecule has 114 valence electrons. The predicted molar refractivity (Wildman–Crippen MR) is 80.3 cm³/mol. The van der Waals surface area contributed by atoms with Crippen LogP contribution >= 0.6 is 0 Å². The molecule has 0 saturated carbocycles. The molecule has 0 aliphatic carbocycles. The lowest BCUT2D eigenvalue weighted by Crippen LogP contribution is -2.48. The summed E-state index contributed by atoms with van der Waals surface area (Å²) in [6, 6.07) is 0.399. The molecule has 0 aromatic heterocycles. The molecular formula is C16H28N2O2. The number of amides is 1. The molecule has 2 heterocycles. The normalized spacial score (nSPS) is 28.8. The lowest BCUT2D eigenvalue weighted by atomic mass is 9.96. The van der Waals surface area contributed by atoms with Crippen LogP contribution < -0.4 is 5.32 Å². The van der Waals surface area contributed by atoms with Crippen LogP contribution in [0.5, 0.6) is 0 Å². The fourth-order valence-electron chi connectivity index (χ4n) is 3.06. The Morgan fingerprint density at radius 1 is 1.50 bits per heavy atom. The van der Waals surface area contributed by atoms with Gasteiger partial charge >= 0.3 is 0 Å². The van der Waals surface area contributed by atoms with E-state index in [-0.39, 0.29) is 17.6 Å². The van der Waals surface area contributed by atoms with E-state index < -0.39 is 0 Å². The van der Waals surface area contributed by atoms with Gasteiger partial charge in [0.1, 0.15) is 11.4 Å². The predicted octanol–water partition coefficient (Wildman–Crippen LogP) is 2.30. The first-order chi connectivity index (χ1) is 9.33. The van der Waals surface area contributed by atoms with Gasteiger partial charge in [0.15, 0.2) is 0 Å². The third-order valence-corrected chi connectivity index (χ3v) is 4.15. The maximum atomic E-state index is 12.4. The van der Waals surface area contributed by atoms with Crippen molar-refractivity contribution in [1.29, 1.82) is 0 Å². The van der Waals surface area contributed by atoms with Gasteiger partial charge < -0.3 is 15.0 Å². The number of carbonyl (C=O) groups is 1. The molecule has 4 heteroatoms. The van der Waals surface area contributed by atoms with Crippen LogP contribution in [0.2, 0.25) is 0 Å². The molecule has 0 spiro atoms. The number of nitrogens with one attached hydrogen (secondary N) is 1. The van der Waals surface area contributed by atoms with Crippen molar-refractivity contribution >= 4 is 5.91 Å². The van der Waals surface area contributed by atoms with E-state index >= 15 is 0 Å².